The monoisotopic (exact) mass is 178 g/mol. The standard InChI is InChI=1S/C4H8OS2.Ca.2H/c1-3(2)5-4(6)7;;;/h3H,1-2H3,(H,6,7);;;/q;+2;2*-1. The Balaban J connectivity index is -0.0000000600. The van der Waals surface area contributed by atoms with E-state index < -0.39 is 0 Å². The van der Waals surface area contributed by atoms with Gasteiger partial charge in [-0.25, -0.2) is 0 Å². The molecule has 0 atom stereocenters. The van der Waals surface area contributed by atoms with Crippen molar-refractivity contribution in [3.05, 3.63) is 0 Å². The Kier molecular flexibility index (Phi) is 10.1. The van der Waals surface area contributed by atoms with Crippen LogP contribution in [0.1, 0.15) is 16.7 Å². The summed E-state index contributed by atoms with van der Waals surface area (Å²) in [5.74, 6) is 0. The van der Waals surface area contributed by atoms with Crippen molar-refractivity contribution in [2.45, 2.75) is 20.0 Å². The number of hydrogen-bond donors (Lipinski definition) is 1. The van der Waals surface area contributed by atoms with E-state index in [1.807, 2.05) is 13.8 Å². The van der Waals surface area contributed by atoms with Crippen LogP contribution < -0.4 is 0 Å². The van der Waals surface area contributed by atoms with E-state index in [1.54, 1.807) is 0 Å². The largest absolute Gasteiger partial charge is 2.00 e. The van der Waals surface area contributed by atoms with Gasteiger partial charge in [0.1, 0.15) is 0 Å². The van der Waals surface area contributed by atoms with Crippen molar-refractivity contribution < 1.29 is 7.59 Å². The van der Waals surface area contributed by atoms with Gasteiger partial charge in [-0.1, -0.05) is 12.6 Å². The molecule has 0 bridgehead atoms. The fourth-order valence-corrected chi connectivity index (χ4v) is 0.605. The van der Waals surface area contributed by atoms with Gasteiger partial charge in [-0.15, -0.1) is 0 Å². The van der Waals surface area contributed by atoms with E-state index in [4.69, 9.17) is 4.74 Å². The van der Waals surface area contributed by atoms with Crippen LogP contribution in [0.2, 0.25) is 0 Å². The average molecular weight is 178 g/mol. The summed E-state index contributed by atoms with van der Waals surface area (Å²) in [5, 5.41) is 0. The summed E-state index contributed by atoms with van der Waals surface area (Å²) in [6, 6.07) is 0. The fraction of sp³-hybridized carbons (Fsp3) is 0.750. The van der Waals surface area contributed by atoms with E-state index in [0.29, 0.717) is 4.38 Å². The Bertz CT molecular complexity index is 81.7. The quantitative estimate of drug-likeness (QED) is 0.370. The summed E-state index contributed by atoms with van der Waals surface area (Å²) >= 11 is 8.26. The third-order valence-electron chi connectivity index (χ3n) is 0.337. The van der Waals surface area contributed by atoms with Gasteiger partial charge in [-0.2, -0.15) is 0 Å². The van der Waals surface area contributed by atoms with Gasteiger partial charge in [0.05, 0.1) is 6.10 Å². The molecule has 0 N–H and O–H groups in total. The topological polar surface area (TPSA) is 9.23 Å². The molecule has 0 spiro atoms. The summed E-state index contributed by atoms with van der Waals surface area (Å²) in [4.78, 5) is 0. The van der Waals surface area contributed by atoms with Crippen molar-refractivity contribution in [3.63, 3.8) is 0 Å². The first-order valence-electron chi connectivity index (χ1n) is 2.02. The second kappa shape index (κ2) is 6.62. The van der Waals surface area contributed by atoms with Gasteiger partial charge in [0.2, 0.25) is 4.38 Å². The van der Waals surface area contributed by atoms with Crippen LogP contribution in [0.25, 0.3) is 0 Å². The van der Waals surface area contributed by atoms with Gasteiger partial charge in [0.25, 0.3) is 0 Å². The van der Waals surface area contributed by atoms with E-state index in [-0.39, 0.29) is 46.7 Å². The Morgan fingerprint density at radius 1 is 1.75 bits per heavy atom. The smallest absolute Gasteiger partial charge is 1.00 e. The summed E-state index contributed by atoms with van der Waals surface area (Å²) in [5.41, 5.74) is 0. The van der Waals surface area contributed by atoms with Gasteiger partial charge in [-0.3, -0.25) is 0 Å². The van der Waals surface area contributed by atoms with Gasteiger partial charge in [-0.05, 0) is 26.1 Å². The van der Waals surface area contributed by atoms with Gasteiger partial charge in [0.15, 0.2) is 0 Å². The minimum atomic E-state index is 0. The molecule has 0 aromatic rings. The third kappa shape index (κ3) is 10.5. The van der Waals surface area contributed by atoms with E-state index in [9.17, 15) is 0 Å². The maximum absolute atomic E-state index is 4.85. The number of hydrogen-bond acceptors (Lipinski definition) is 2. The Labute approximate surface area is 93.5 Å². The minimum Gasteiger partial charge on any atom is -1.00 e. The van der Waals surface area contributed by atoms with Gasteiger partial charge >= 0.3 is 37.7 Å². The normalized spacial score (nSPS) is 8.00. The SMILES string of the molecule is CC(C)OC(=S)S.[Ca+2].[H-].[H-]. The molecular formula is C4H10CaOS2. The van der Waals surface area contributed by atoms with Crippen molar-refractivity contribution >= 4 is 67.0 Å². The zero-order valence-electron chi connectivity index (χ0n) is 7.05. The van der Waals surface area contributed by atoms with Crippen LogP contribution in [-0.4, -0.2) is 48.2 Å². The molecule has 0 unspecified atom stereocenters. The van der Waals surface area contributed by atoms with Crippen LogP contribution in [0.15, 0.2) is 0 Å². The molecule has 0 aliphatic heterocycles. The first-order chi connectivity index (χ1) is 3.13. The summed E-state index contributed by atoms with van der Waals surface area (Å²) < 4.78 is 5.16. The van der Waals surface area contributed by atoms with Crippen LogP contribution >= 0.6 is 24.8 Å². The Morgan fingerprint density at radius 2 is 2.12 bits per heavy atom. The molecule has 46 valence electrons. The maximum Gasteiger partial charge on any atom is 2.00 e. The van der Waals surface area contributed by atoms with Gasteiger partial charge in [0, 0.05) is 0 Å². The van der Waals surface area contributed by atoms with E-state index in [1.165, 1.54) is 0 Å². The first kappa shape index (κ1) is 12.2. The molecule has 0 fully saturated rings. The van der Waals surface area contributed by atoms with Crippen LogP contribution in [0.3, 0.4) is 0 Å². The number of rotatable bonds is 1. The van der Waals surface area contributed by atoms with Crippen molar-refractivity contribution in [2.24, 2.45) is 0 Å². The van der Waals surface area contributed by atoms with Crippen LogP contribution in [0.5, 0.6) is 0 Å². The minimum absolute atomic E-state index is 0. The molecule has 0 radical (unpaired) electrons. The second-order valence-corrected chi connectivity index (χ2v) is 2.51. The molecule has 0 amide bonds. The first-order valence-corrected chi connectivity index (χ1v) is 2.88. The zero-order valence-corrected chi connectivity index (χ0v) is 8.97. The number of thiocarbonyl (C=S) groups is 1. The maximum atomic E-state index is 4.85. The van der Waals surface area contributed by atoms with E-state index in [0.717, 1.165) is 0 Å². The molecule has 4 heteroatoms. The molecule has 0 aliphatic rings. The van der Waals surface area contributed by atoms with E-state index in [2.05, 4.69) is 24.8 Å². The van der Waals surface area contributed by atoms with Crippen LogP contribution in [0.4, 0.5) is 0 Å². The number of thiol groups is 1. The molecule has 0 saturated heterocycles. The molecule has 8 heavy (non-hydrogen) atoms. The van der Waals surface area contributed by atoms with E-state index >= 15 is 0 Å². The van der Waals surface area contributed by atoms with Crippen LogP contribution in [-0.2, 0) is 4.74 Å². The van der Waals surface area contributed by atoms with Crippen molar-refractivity contribution in [1.82, 2.24) is 0 Å². The Hall–Kier alpha value is 1.50. The molecule has 0 heterocycles. The summed E-state index contributed by atoms with van der Waals surface area (Å²) in [6.45, 7) is 3.81. The molecule has 0 aromatic carbocycles. The summed E-state index contributed by atoms with van der Waals surface area (Å²) in [7, 11) is 0. The molecule has 0 saturated carbocycles. The molecular weight excluding hydrogens is 168 g/mol. The molecule has 0 aromatic heterocycles. The van der Waals surface area contributed by atoms with Crippen LogP contribution in [0, 0.1) is 0 Å². The summed E-state index contributed by atoms with van der Waals surface area (Å²) in [6.07, 6.45) is 0.157. The predicted octanol–water partition coefficient (Wildman–Crippen LogP) is 1.47. The van der Waals surface area contributed by atoms with Crippen molar-refractivity contribution in [1.29, 1.82) is 0 Å². The molecule has 1 nitrogen and oxygen atoms in total. The van der Waals surface area contributed by atoms with Crippen molar-refractivity contribution in [3.8, 4) is 0 Å². The molecule has 0 aliphatic carbocycles. The second-order valence-electron chi connectivity index (χ2n) is 1.43. The van der Waals surface area contributed by atoms with Gasteiger partial charge < -0.3 is 7.59 Å². The molecule has 0 rings (SSSR count). The Morgan fingerprint density at radius 3 is 2.12 bits per heavy atom. The predicted molar refractivity (Wildman–Crippen MR) is 45.8 cm³/mol. The van der Waals surface area contributed by atoms with Crippen molar-refractivity contribution in [2.75, 3.05) is 0 Å². The zero-order chi connectivity index (χ0) is 5.86. The third-order valence-corrected chi connectivity index (χ3v) is 0.538. The average Bonchev–Trinajstić information content (AvgIpc) is 1.27. The fourth-order valence-electron chi connectivity index (χ4n) is 0.202. The number of ether oxygens (including phenoxy) is 1.